The van der Waals surface area contributed by atoms with Crippen molar-refractivity contribution in [3.8, 4) is 0 Å². The van der Waals surface area contributed by atoms with Crippen LogP contribution >= 0.6 is 0 Å². The Balaban J connectivity index is 1.59. The number of hydrogen-bond donors (Lipinski definition) is 3. The SMILES string of the molecule is ON1C=C(C2CCNCC2)C(Cc2cc(F)c3ccccc3c2)N1. The van der Waals surface area contributed by atoms with Gasteiger partial charge in [0, 0.05) is 11.6 Å². The number of rotatable bonds is 3. The summed E-state index contributed by atoms with van der Waals surface area (Å²) < 4.78 is 14.3. The lowest BCUT2D eigenvalue weighted by Gasteiger charge is -2.27. The van der Waals surface area contributed by atoms with Crippen LogP contribution in [0.3, 0.4) is 0 Å². The number of hydrazine groups is 1. The van der Waals surface area contributed by atoms with Gasteiger partial charge in [-0.25, -0.2) is 9.82 Å². The smallest absolute Gasteiger partial charge is 0.131 e. The van der Waals surface area contributed by atoms with E-state index >= 15 is 0 Å². The molecule has 0 saturated carbocycles. The highest BCUT2D eigenvalue weighted by Gasteiger charge is 2.30. The fraction of sp³-hybridized carbons (Fsp3) is 0.368. The van der Waals surface area contributed by atoms with E-state index < -0.39 is 0 Å². The summed E-state index contributed by atoms with van der Waals surface area (Å²) in [5.41, 5.74) is 5.23. The summed E-state index contributed by atoms with van der Waals surface area (Å²) in [5.74, 6) is 0.278. The average molecular weight is 327 g/mol. The third kappa shape index (κ3) is 3.02. The quantitative estimate of drug-likeness (QED) is 0.811. The van der Waals surface area contributed by atoms with Crippen LogP contribution in [0.25, 0.3) is 10.8 Å². The summed E-state index contributed by atoms with van der Waals surface area (Å²) in [7, 11) is 0. The van der Waals surface area contributed by atoms with Gasteiger partial charge in [-0.05, 0) is 60.9 Å². The Kier molecular flexibility index (Phi) is 4.22. The molecule has 4 nitrogen and oxygen atoms in total. The van der Waals surface area contributed by atoms with Crippen molar-refractivity contribution < 1.29 is 9.60 Å². The lowest BCUT2D eigenvalue weighted by Crippen LogP contribution is -2.38. The van der Waals surface area contributed by atoms with Crippen LogP contribution in [-0.2, 0) is 6.42 Å². The monoisotopic (exact) mass is 327 g/mol. The van der Waals surface area contributed by atoms with E-state index in [1.54, 1.807) is 18.3 Å². The first-order chi connectivity index (χ1) is 11.7. The second-order valence-corrected chi connectivity index (χ2v) is 6.68. The van der Waals surface area contributed by atoms with Crippen molar-refractivity contribution in [3.05, 3.63) is 59.6 Å². The molecular weight excluding hydrogens is 305 g/mol. The number of halogens is 1. The molecule has 24 heavy (non-hydrogen) atoms. The summed E-state index contributed by atoms with van der Waals surface area (Å²) >= 11 is 0. The molecule has 2 heterocycles. The van der Waals surface area contributed by atoms with Gasteiger partial charge in [-0.2, -0.15) is 5.17 Å². The van der Waals surface area contributed by atoms with E-state index in [-0.39, 0.29) is 11.9 Å². The molecule has 0 aromatic heterocycles. The number of hydrogen-bond acceptors (Lipinski definition) is 4. The van der Waals surface area contributed by atoms with Crippen molar-refractivity contribution in [2.45, 2.75) is 25.3 Å². The highest BCUT2D eigenvalue weighted by atomic mass is 19.1. The molecule has 126 valence electrons. The normalized spacial score (nSPS) is 22.2. The maximum absolute atomic E-state index is 14.3. The Morgan fingerprint density at radius 2 is 1.96 bits per heavy atom. The van der Waals surface area contributed by atoms with Crippen LogP contribution in [0.15, 0.2) is 48.2 Å². The Labute approximate surface area is 140 Å². The first kappa shape index (κ1) is 15.6. The molecule has 0 radical (unpaired) electrons. The number of nitrogens with one attached hydrogen (secondary N) is 2. The minimum absolute atomic E-state index is 0.0127. The Morgan fingerprint density at radius 1 is 1.17 bits per heavy atom. The van der Waals surface area contributed by atoms with E-state index in [9.17, 15) is 9.60 Å². The molecule has 0 bridgehead atoms. The zero-order valence-corrected chi connectivity index (χ0v) is 13.5. The Morgan fingerprint density at radius 3 is 2.79 bits per heavy atom. The first-order valence-electron chi connectivity index (χ1n) is 8.54. The minimum atomic E-state index is -0.186. The van der Waals surface area contributed by atoms with E-state index in [0.717, 1.165) is 42.1 Å². The van der Waals surface area contributed by atoms with Crippen molar-refractivity contribution in [1.82, 2.24) is 15.9 Å². The van der Waals surface area contributed by atoms with Gasteiger partial charge in [0.1, 0.15) is 5.82 Å². The molecule has 4 rings (SSSR count). The Hall–Kier alpha value is -1.95. The third-order valence-corrected chi connectivity index (χ3v) is 5.08. The number of benzene rings is 2. The molecule has 5 heteroatoms. The summed E-state index contributed by atoms with van der Waals surface area (Å²) in [6.07, 6.45) is 4.60. The minimum Gasteiger partial charge on any atom is -0.317 e. The van der Waals surface area contributed by atoms with Crippen molar-refractivity contribution >= 4 is 10.8 Å². The Bertz CT molecular complexity index is 770. The van der Waals surface area contributed by atoms with Crippen molar-refractivity contribution in [2.75, 3.05) is 13.1 Å². The van der Waals surface area contributed by atoms with Crippen LogP contribution in [0, 0.1) is 11.7 Å². The van der Waals surface area contributed by atoms with Crippen LogP contribution in [0.1, 0.15) is 18.4 Å². The molecular formula is C19H22FN3O. The van der Waals surface area contributed by atoms with E-state index in [1.165, 1.54) is 5.57 Å². The van der Waals surface area contributed by atoms with Gasteiger partial charge in [0.25, 0.3) is 0 Å². The molecule has 2 aromatic rings. The lowest BCUT2D eigenvalue weighted by molar-refractivity contribution is -0.0839. The van der Waals surface area contributed by atoms with Gasteiger partial charge in [-0.1, -0.05) is 30.3 Å². The van der Waals surface area contributed by atoms with Crippen LogP contribution in [0.4, 0.5) is 4.39 Å². The number of nitrogens with zero attached hydrogens (tertiary/aromatic N) is 1. The maximum Gasteiger partial charge on any atom is 0.131 e. The summed E-state index contributed by atoms with van der Waals surface area (Å²) in [6, 6.07) is 11.2. The molecule has 2 aliphatic rings. The standard InChI is InChI=1S/C19H22FN3O/c20-18-10-13(9-15-3-1-2-4-16(15)18)11-19-17(12-23(24)22-19)14-5-7-21-8-6-14/h1-4,9-10,12,14,19,21-22,24H,5-8,11H2. The van der Waals surface area contributed by atoms with Gasteiger partial charge >= 0.3 is 0 Å². The predicted octanol–water partition coefficient (Wildman–Crippen LogP) is 2.98. The molecule has 1 atom stereocenters. The van der Waals surface area contributed by atoms with E-state index in [4.69, 9.17) is 0 Å². The molecule has 1 fully saturated rings. The molecule has 1 saturated heterocycles. The largest absolute Gasteiger partial charge is 0.317 e. The van der Waals surface area contributed by atoms with Crippen molar-refractivity contribution in [2.24, 2.45) is 5.92 Å². The fourth-order valence-corrected chi connectivity index (χ4v) is 3.89. The average Bonchev–Trinajstić information content (AvgIpc) is 2.96. The maximum atomic E-state index is 14.3. The molecule has 2 aliphatic heterocycles. The number of fused-ring (bicyclic) bond motifs is 1. The number of hydroxylamine groups is 1. The van der Waals surface area contributed by atoms with Gasteiger partial charge in [0.2, 0.25) is 0 Å². The van der Waals surface area contributed by atoms with E-state index in [1.807, 2.05) is 24.3 Å². The lowest BCUT2D eigenvalue weighted by atomic mass is 9.84. The third-order valence-electron chi connectivity index (χ3n) is 5.08. The molecule has 1 unspecified atom stereocenters. The van der Waals surface area contributed by atoms with Gasteiger partial charge in [-0.3, -0.25) is 5.21 Å². The van der Waals surface area contributed by atoms with Crippen LogP contribution < -0.4 is 10.7 Å². The zero-order chi connectivity index (χ0) is 16.5. The fourth-order valence-electron chi connectivity index (χ4n) is 3.89. The zero-order valence-electron chi connectivity index (χ0n) is 13.5. The van der Waals surface area contributed by atoms with Crippen LogP contribution in [0.2, 0.25) is 0 Å². The van der Waals surface area contributed by atoms with E-state index in [0.29, 0.717) is 17.7 Å². The predicted molar refractivity (Wildman–Crippen MR) is 91.8 cm³/mol. The molecule has 0 aliphatic carbocycles. The number of piperidine rings is 1. The summed E-state index contributed by atoms with van der Waals surface area (Å²) in [5, 5.41) is 15.9. The molecule has 0 spiro atoms. The van der Waals surface area contributed by atoms with Crippen LogP contribution in [-0.4, -0.2) is 29.5 Å². The molecule has 0 amide bonds. The second kappa shape index (κ2) is 6.51. The highest BCUT2D eigenvalue weighted by molar-refractivity contribution is 5.83. The van der Waals surface area contributed by atoms with Crippen molar-refractivity contribution in [3.63, 3.8) is 0 Å². The molecule has 2 aromatic carbocycles. The van der Waals surface area contributed by atoms with Gasteiger partial charge in [0.15, 0.2) is 0 Å². The van der Waals surface area contributed by atoms with Gasteiger partial charge in [-0.15, -0.1) is 0 Å². The van der Waals surface area contributed by atoms with E-state index in [2.05, 4.69) is 10.7 Å². The molecule has 3 N–H and O–H groups in total. The first-order valence-corrected chi connectivity index (χ1v) is 8.54. The van der Waals surface area contributed by atoms with Crippen LogP contribution in [0.5, 0.6) is 0 Å². The summed E-state index contributed by atoms with van der Waals surface area (Å²) in [4.78, 5) is 0. The van der Waals surface area contributed by atoms with Gasteiger partial charge in [0.05, 0.1) is 6.04 Å². The summed E-state index contributed by atoms with van der Waals surface area (Å²) in [6.45, 7) is 2.01. The topological polar surface area (TPSA) is 47.5 Å². The second-order valence-electron chi connectivity index (χ2n) is 6.68. The van der Waals surface area contributed by atoms with Crippen molar-refractivity contribution in [1.29, 1.82) is 0 Å². The van der Waals surface area contributed by atoms with Gasteiger partial charge < -0.3 is 5.32 Å². The highest BCUT2D eigenvalue weighted by Crippen LogP contribution is 2.30.